The summed E-state index contributed by atoms with van der Waals surface area (Å²) >= 11 is 0. The van der Waals surface area contributed by atoms with E-state index in [-0.39, 0.29) is 6.04 Å². The molecule has 0 radical (unpaired) electrons. The third kappa shape index (κ3) is 2.65. The average molecular weight is 231 g/mol. The average Bonchev–Trinajstić information content (AvgIpc) is 2.81. The highest BCUT2D eigenvalue weighted by Gasteiger charge is 2.07. The molecule has 1 aromatic heterocycles. The summed E-state index contributed by atoms with van der Waals surface area (Å²) in [5.74, 6) is 0.866. The van der Waals surface area contributed by atoms with Gasteiger partial charge in [0.1, 0.15) is 5.75 Å². The quantitative estimate of drug-likeness (QED) is 0.875. The van der Waals surface area contributed by atoms with Crippen molar-refractivity contribution >= 4 is 0 Å². The Bertz CT molecular complexity index is 477. The van der Waals surface area contributed by atoms with Gasteiger partial charge in [-0.1, -0.05) is 6.07 Å². The van der Waals surface area contributed by atoms with Crippen molar-refractivity contribution in [2.24, 2.45) is 5.73 Å². The van der Waals surface area contributed by atoms with E-state index in [1.807, 2.05) is 36.0 Å². The summed E-state index contributed by atoms with van der Waals surface area (Å²) < 4.78 is 7.21. The predicted octanol–water partition coefficient (Wildman–Crippen LogP) is 1.96. The normalized spacial score (nSPS) is 12.4. The summed E-state index contributed by atoms with van der Waals surface area (Å²) in [4.78, 5) is 0. The minimum Gasteiger partial charge on any atom is -0.496 e. The van der Waals surface area contributed by atoms with Crippen LogP contribution in [0.25, 0.3) is 0 Å². The van der Waals surface area contributed by atoms with Crippen LogP contribution in [0.4, 0.5) is 0 Å². The zero-order valence-electron chi connectivity index (χ0n) is 10.1. The Balaban J connectivity index is 2.32. The molecule has 0 saturated carbocycles. The summed E-state index contributed by atoms with van der Waals surface area (Å²) in [5.41, 5.74) is 8.08. The molecule has 0 aliphatic rings. The largest absolute Gasteiger partial charge is 0.496 e. The summed E-state index contributed by atoms with van der Waals surface area (Å²) in [6.45, 7) is 2.66. The molecule has 1 aromatic carbocycles. The van der Waals surface area contributed by atoms with Crippen LogP contribution in [0, 0.1) is 0 Å². The van der Waals surface area contributed by atoms with Crippen LogP contribution in [0.5, 0.6) is 5.75 Å². The SMILES string of the molecule is COc1ccc([C@@H](C)N)cc1Cn1cccn1. The van der Waals surface area contributed by atoms with Gasteiger partial charge in [-0.05, 0) is 30.7 Å². The van der Waals surface area contributed by atoms with Gasteiger partial charge in [-0.25, -0.2) is 0 Å². The van der Waals surface area contributed by atoms with E-state index in [4.69, 9.17) is 10.5 Å². The van der Waals surface area contributed by atoms with E-state index in [1.165, 1.54) is 0 Å². The number of nitrogens with zero attached hydrogens (tertiary/aromatic N) is 2. The molecule has 1 atom stereocenters. The third-order valence-electron chi connectivity index (χ3n) is 2.72. The van der Waals surface area contributed by atoms with Gasteiger partial charge in [-0.2, -0.15) is 5.10 Å². The van der Waals surface area contributed by atoms with Gasteiger partial charge in [0.05, 0.1) is 13.7 Å². The molecule has 0 saturated heterocycles. The molecule has 90 valence electrons. The first-order chi connectivity index (χ1) is 8.20. The zero-order valence-corrected chi connectivity index (χ0v) is 10.1. The van der Waals surface area contributed by atoms with Crippen LogP contribution in [-0.2, 0) is 6.54 Å². The smallest absolute Gasteiger partial charge is 0.123 e. The lowest BCUT2D eigenvalue weighted by molar-refractivity contribution is 0.407. The highest BCUT2D eigenvalue weighted by atomic mass is 16.5. The molecular formula is C13H17N3O. The summed E-state index contributed by atoms with van der Waals surface area (Å²) in [7, 11) is 1.67. The molecule has 0 aliphatic heterocycles. The lowest BCUT2D eigenvalue weighted by Gasteiger charge is -2.12. The summed E-state index contributed by atoms with van der Waals surface area (Å²) in [5, 5.41) is 4.19. The number of benzene rings is 1. The van der Waals surface area contributed by atoms with Crippen molar-refractivity contribution in [1.29, 1.82) is 0 Å². The molecule has 2 N–H and O–H groups in total. The number of hydrogen-bond acceptors (Lipinski definition) is 3. The van der Waals surface area contributed by atoms with Crippen LogP contribution >= 0.6 is 0 Å². The van der Waals surface area contributed by atoms with Crippen molar-refractivity contribution in [3.05, 3.63) is 47.8 Å². The first kappa shape index (κ1) is 11.7. The van der Waals surface area contributed by atoms with E-state index in [1.54, 1.807) is 13.3 Å². The van der Waals surface area contributed by atoms with Crippen LogP contribution in [-0.4, -0.2) is 16.9 Å². The number of ether oxygens (including phenoxy) is 1. The standard InChI is InChI=1S/C13H17N3O/c1-10(14)11-4-5-13(17-2)12(8-11)9-16-7-3-6-15-16/h3-8,10H,9,14H2,1-2H3/t10-/m1/s1. The van der Waals surface area contributed by atoms with E-state index in [0.717, 1.165) is 16.9 Å². The predicted molar refractivity (Wildman–Crippen MR) is 66.9 cm³/mol. The number of hydrogen-bond donors (Lipinski definition) is 1. The van der Waals surface area contributed by atoms with Gasteiger partial charge >= 0.3 is 0 Å². The maximum atomic E-state index is 5.88. The number of rotatable bonds is 4. The van der Waals surface area contributed by atoms with Crippen molar-refractivity contribution in [2.45, 2.75) is 19.5 Å². The van der Waals surface area contributed by atoms with Crippen LogP contribution in [0.3, 0.4) is 0 Å². The Kier molecular flexibility index (Phi) is 3.44. The molecule has 17 heavy (non-hydrogen) atoms. The molecule has 2 aromatic rings. The Labute approximate surface area is 101 Å². The highest BCUT2D eigenvalue weighted by molar-refractivity contribution is 5.38. The van der Waals surface area contributed by atoms with E-state index in [9.17, 15) is 0 Å². The van der Waals surface area contributed by atoms with Gasteiger partial charge in [0.15, 0.2) is 0 Å². The maximum absolute atomic E-state index is 5.88. The van der Waals surface area contributed by atoms with E-state index in [0.29, 0.717) is 6.54 Å². The second-order valence-electron chi connectivity index (χ2n) is 4.06. The second-order valence-corrected chi connectivity index (χ2v) is 4.06. The van der Waals surface area contributed by atoms with Crippen molar-refractivity contribution in [3.63, 3.8) is 0 Å². The first-order valence-corrected chi connectivity index (χ1v) is 5.60. The van der Waals surface area contributed by atoms with E-state index < -0.39 is 0 Å². The molecule has 4 nitrogen and oxygen atoms in total. The molecule has 0 aliphatic carbocycles. The monoisotopic (exact) mass is 231 g/mol. The number of aromatic nitrogens is 2. The molecule has 0 fully saturated rings. The number of methoxy groups -OCH3 is 1. The van der Waals surface area contributed by atoms with Crippen molar-refractivity contribution < 1.29 is 4.74 Å². The van der Waals surface area contributed by atoms with Crippen LogP contribution in [0.2, 0.25) is 0 Å². The van der Waals surface area contributed by atoms with Gasteiger partial charge in [0.25, 0.3) is 0 Å². The first-order valence-electron chi connectivity index (χ1n) is 5.60. The summed E-state index contributed by atoms with van der Waals surface area (Å²) in [6, 6.07) is 7.96. The Hall–Kier alpha value is -1.81. The minimum atomic E-state index is 0.0253. The van der Waals surface area contributed by atoms with Gasteiger partial charge in [-0.3, -0.25) is 4.68 Å². The fourth-order valence-electron chi connectivity index (χ4n) is 1.77. The second kappa shape index (κ2) is 5.01. The fourth-order valence-corrected chi connectivity index (χ4v) is 1.77. The maximum Gasteiger partial charge on any atom is 0.123 e. The molecular weight excluding hydrogens is 214 g/mol. The summed E-state index contributed by atoms with van der Waals surface area (Å²) in [6.07, 6.45) is 3.69. The molecule has 0 bridgehead atoms. The molecule has 4 heteroatoms. The van der Waals surface area contributed by atoms with Crippen LogP contribution in [0.1, 0.15) is 24.1 Å². The fraction of sp³-hybridized carbons (Fsp3) is 0.308. The number of nitrogens with two attached hydrogens (primary N) is 1. The molecule has 2 rings (SSSR count). The van der Waals surface area contributed by atoms with E-state index >= 15 is 0 Å². The van der Waals surface area contributed by atoms with Gasteiger partial charge in [0.2, 0.25) is 0 Å². The molecule has 0 amide bonds. The van der Waals surface area contributed by atoms with Crippen molar-refractivity contribution in [1.82, 2.24) is 9.78 Å². The van der Waals surface area contributed by atoms with E-state index in [2.05, 4.69) is 11.2 Å². The van der Waals surface area contributed by atoms with Crippen LogP contribution < -0.4 is 10.5 Å². The van der Waals surface area contributed by atoms with Gasteiger partial charge in [0, 0.05) is 24.0 Å². The van der Waals surface area contributed by atoms with Crippen molar-refractivity contribution in [3.8, 4) is 5.75 Å². The molecule has 0 spiro atoms. The Morgan fingerprint density at radius 3 is 2.88 bits per heavy atom. The lowest BCUT2D eigenvalue weighted by atomic mass is 10.0. The zero-order chi connectivity index (χ0) is 12.3. The Morgan fingerprint density at radius 2 is 2.29 bits per heavy atom. The molecule has 1 heterocycles. The topological polar surface area (TPSA) is 53.1 Å². The molecule has 0 unspecified atom stereocenters. The van der Waals surface area contributed by atoms with Gasteiger partial charge in [-0.15, -0.1) is 0 Å². The minimum absolute atomic E-state index is 0.0253. The van der Waals surface area contributed by atoms with Gasteiger partial charge < -0.3 is 10.5 Å². The third-order valence-corrected chi connectivity index (χ3v) is 2.72. The van der Waals surface area contributed by atoms with Crippen LogP contribution in [0.15, 0.2) is 36.7 Å². The highest BCUT2D eigenvalue weighted by Crippen LogP contribution is 2.23. The lowest BCUT2D eigenvalue weighted by Crippen LogP contribution is -2.08. The Morgan fingerprint density at radius 1 is 1.47 bits per heavy atom. The van der Waals surface area contributed by atoms with Crippen molar-refractivity contribution in [2.75, 3.05) is 7.11 Å².